The molecule has 148 valence electrons. The summed E-state index contributed by atoms with van der Waals surface area (Å²) >= 11 is 0. The summed E-state index contributed by atoms with van der Waals surface area (Å²) in [7, 11) is 0. The molecule has 0 spiro atoms. The molecule has 2 aromatic heterocycles. The fraction of sp³-hybridized carbons (Fsp3) is 0.500. The minimum Gasteiger partial charge on any atom is -0.361 e. The first-order valence-electron chi connectivity index (χ1n) is 10.4. The minimum absolute atomic E-state index is 0.397. The number of nitrogens with zero attached hydrogens (tertiary/aromatic N) is 2. The topological polar surface area (TPSA) is 52.1 Å². The molecule has 1 saturated carbocycles. The summed E-state index contributed by atoms with van der Waals surface area (Å²) in [6.45, 7) is 12.8. The molecule has 0 unspecified atom stereocenters. The van der Waals surface area contributed by atoms with Crippen LogP contribution in [0.1, 0.15) is 98.1 Å². The van der Waals surface area contributed by atoms with E-state index in [9.17, 15) is 0 Å². The van der Waals surface area contributed by atoms with Gasteiger partial charge in [-0.3, -0.25) is 0 Å². The molecular weight excluding hydrogens is 348 g/mol. The van der Waals surface area contributed by atoms with E-state index in [2.05, 4.69) is 62.3 Å². The van der Waals surface area contributed by atoms with Crippen molar-refractivity contribution in [2.24, 2.45) is 0 Å². The maximum absolute atomic E-state index is 5.69. The highest BCUT2D eigenvalue weighted by atomic mass is 16.5. The molecule has 1 aliphatic carbocycles. The Bertz CT molecular complexity index is 957. The van der Waals surface area contributed by atoms with Crippen molar-refractivity contribution < 1.29 is 9.05 Å². The van der Waals surface area contributed by atoms with E-state index in [-0.39, 0.29) is 0 Å². The largest absolute Gasteiger partial charge is 0.361 e. The number of hydrogen-bond acceptors (Lipinski definition) is 4. The Hall–Kier alpha value is -2.36. The van der Waals surface area contributed by atoms with Gasteiger partial charge in [-0.15, -0.1) is 0 Å². The van der Waals surface area contributed by atoms with E-state index in [0.29, 0.717) is 23.7 Å². The summed E-state index contributed by atoms with van der Waals surface area (Å²) in [5.41, 5.74) is 7.06. The highest BCUT2D eigenvalue weighted by Crippen LogP contribution is 2.49. The van der Waals surface area contributed by atoms with Crippen molar-refractivity contribution in [3.63, 3.8) is 0 Å². The van der Waals surface area contributed by atoms with Crippen molar-refractivity contribution in [1.29, 1.82) is 0 Å². The molecule has 4 heteroatoms. The van der Waals surface area contributed by atoms with Crippen molar-refractivity contribution >= 4 is 0 Å². The molecule has 4 rings (SSSR count). The zero-order chi connectivity index (χ0) is 20.0. The Morgan fingerprint density at radius 1 is 0.821 bits per heavy atom. The molecule has 4 nitrogen and oxygen atoms in total. The molecule has 0 N–H and O–H groups in total. The summed E-state index contributed by atoms with van der Waals surface area (Å²) in [6, 6.07) is 8.87. The highest BCUT2D eigenvalue weighted by molar-refractivity contribution is 5.64. The van der Waals surface area contributed by atoms with Gasteiger partial charge in [0.2, 0.25) is 0 Å². The van der Waals surface area contributed by atoms with Crippen LogP contribution < -0.4 is 0 Å². The van der Waals surface area contributed by atoms with Gasteiger partial charge < -0.3 is 9.05 Å². The quantitative estimate of drug-likeness (QED) is 0.487. The Morgan fingerprint density at radius 3 is 2.07 bits per heavy atom. The number of aryl methyl sites for hydroxylation is 2. The number of benzene rings is 1. The average molecular weight is 379 g/mol. The zero-order valence-electron chi connectivity index (χ0n) is 17.7. The molecule has 1 aromatic carbocycles. The van der Waals surface area contributed by atoms with Crippen molar-refractivity contribution in [3.05, 3.63) is 58.2 Å². The van der Waals surface area contributed by atoms with Gasteiger partial charge in [-0.05, 0) is 50.0 Å². The lowest BCUT2D eigenvalue weighted by molar-refractivity contribution is 0.268. The molecule has 0 atom stereocenters. The monoisotopic (exact) mass is 378 g/mol. The van der Waals surface area contributed by atoms with Crippen molar-refractivity contribution in [3.8, 4) is 11.3 Å². The van der Waals surface area contributed by atoms with Gasteiger partial charge in [-0.1, -0.05) is 62.3 Å². The van der Waals surface area contributed by atoms with Gasteiger partial charge in [0.1, 0.15) is 17.2 Å². The van der Waals surface area contributed by atoms with Crippen LogP contribution in [0.2, 0.25) is 0 Å². The van der Waals surface area contributed by atoms with Gasteiger partial charge in [0.05, 0.1) is 5.69 Å². The summed E-state index contributed by atoms with van der Waals surface area (Å²) in [5, 5.41) is 8.52. The standard InChI is InChI=1S/C24H30N2O2/c1-13(2)21-15(5)25-28-24(21)20-11-19(12-20)17-7-9-18(10-8-17)23-22(14(3)4)16(6)27-26-23/h7-10,13-14,19-20H,11-12H2,1-6H3. The SMILES string of the molecule is Cc1noc(C2CC(c3ccc(-c4noc(C)c4C(C)C)cc3)C2)c1C(C)C. The van der Waals surface area contributed by atoms with Crippen LogP contribution in [0.5, 0.6) is 0 Å². The predicted octanol–water partition coefficient (Wildman–Crippen LogP) is 6.85. The maximum Gasteiger partial charge on any atom is 0.143 e. The molecule has 0 amide bonds. The second-order valence-corrected chi connectivity index (χ2v) is 8.84. The predicted molar refractivity (Wildman–Crippen MR) is 111 cm³/mol. The third kappa shape index (κ3) is 3.19. The second-order valence-electron chi connectivity index (χ2n) is 8.84. The lowest BCUT2D eigenvalue weighted by Gasteiger charge is -2.35. The Kier molecular flexibility index (Phi) is 4.90. The van der Waals surface area contributed by atoms with Crippen molar-refractivity contribution in [2.45, 2.75) is 78.1 Å². The van der Waals surface area contributed by atoms with E-state index in [1.807, 2.05) is 13.8 Å². The van der Waals surface area contributed by atoms with Crippen LogP contribution in [0.15, 0.2) is 33.3 Å². The van der Waals surface area contributed by atoms with E-state index in [4.69, 9.17) is 9.05 Å². The second kappa shape index (κ2) is 7.23. The van der Waals surface area contributed by atoms with E-state index in [0.717, 1.165) is 41.3 Å². The molecular formula is C24H30N2O2. The summed E-state index contributed by atoms with van der Waals surface area (Å²) < 4.78 is 11.1. The maximum atomic E-state index is 5.69. The van der Waals surface area contributed by atoms with Crippen LogP contribution in [0.25, 0.3) is 11.3 Å². The van der Waals surface area contributed by atoms with Crippen molar-refractivity contribution in [1.82, 2.24) is 10.3 Å². The first-order chi connectivity index (χ1) is 13.4. The highest BCUT2D eigenvalue weighted by Gasteiger charge is 2.36. The van der Waals surface area contributed by atoms with Crippen LogP contribution in [0.4, 0.5) is 0 Å². The fourth-order valence-electron chi connectivity index (χ4n) is 4.68. The number of aromatic nitrogens is 2. The first-order valence-corrected chi connectivity index (χ1v) is 10.4. The molecule has 1 aliphatic rings. The van der Waals surface area contributed by atoms with Crippen LogP contribution in [-0.4, -0.2) is 10.3 Å². The van der Waals surface area contributed by atoms with Gasteiger partial charge in [0, 0.05) is 22.6 Å². The Labute approximate surface area is 167 Å². The number of hydrogen-bond donors (Lipinski definition) is 0. The number of rotatable bonds is 5. The lowest BCUT2D eigenvalue weighted by Crippen LogP contribution is -2.20. The average Bonchev–Trinajstić information content (AvgIpc) is 3.17. The first kappa shape index (κ1) is 19.0. The third-order valence-electron chi connectivity index (χ3n) is 6.16. The summed E-state index contributed by atoms with van der Waals surface area (Å²) in [6.07, 6.45) is 2.27. The van der Waals surface area contributed by atoms with E-state index < -0.39 is 0 Å². The molecule has 28 heavy (non-hydrogen) atoms. The lowest BCUT2D eigenvalue weighted by atomic mass is 9.69. The zero-order valence-corrected chi connectivity index (χ0v) is 17.7. The third-order valence-corrected chi connectivity index (χ3v) is 6.16. The molecule has 2 heterocycles. The molecule has 1 fully saturated rings. The van der Waals surface area contributed by atoms with Crippen LogP contribution in [0.3, 0.4) is 0 Å². The van der Waals surface area contributed by atoms with E-state index >= 15 is 0 Å². The molecule has 0 bridgehead atoms. The normalized spacial score (nSPS) is 19.4. The molecule has 0 saturated heterocycles. The minimum atomic E-state index is 0.397. The molecule has 0 radical (unpaired) electrons. The van der Waals surface area contributed by atoms with Gasteiger partial charge in [0.25, 0.3) is 0 Å². The van der Waals surface area contributed by atoms with Crippen molar-refractivity contribution in [2.75, 3.05) is 0 Å². The molecule has 3 aromatic rings. The molecule has 0 aliphatic heterocycles. The Balaban J connectivity index is 1.49. The van der Waals surface area contributed by atoms with Gasteiger partial charge in [-0.25, -0.2) is 0 Å². The van der Waals surface area contributed by atoms with Gasteiger partial charge in [-0.2, -0.15) is 0 Å². The van der Waals surface area contributed by atoms with Gasteiger partial charge in [0.15, 0.2) is 0 Å². The summed E-state index contributed by atoms with van der Waals surface area (Å²) in [4.78, 5) is 0. The van der Waals surface area contributed by atoms with Crippen LogP contribution >= 0.6 is 0 Å². The van der Waals surface area contributed by atoms with Gasteiger partial charge >= 0.3 is 0 Å². The van der Waals surface area contributed by atoms with Crippen LogP contribution in [-0.2, 0) is 0 Å². The fourth-order valence-corrected chi connectivity index (χ4v) is 4.68. The smallest absolute Gasteiger partial charge is 0.143 e. The van der Waals surface area contributed by atoms with Crippen LogP contribution in [0, 0.1) is 13.8 Å². The van der Waals surface area contributed by atoms with E-state index in [1.54, 1.807) is 0 Å². The summed E-state index contributed by atoms with van der Waals surface area (Å²) in [5.74, 6) is 3.97. The Morgan fingerprint density at radius 2 is 1.46 bits per heavy atom. The van der Waals surface area contributed by atoms with E-state index in [1.165, 1.54) is 16.7 Å².